The van der Waals surface area contributed by atoms with Crippen LogP contribution in [0.1, 0.15) is 18.9 Å². The predicted octanol–water partition coefficient (Wildman–Crippen LogP) is 2.71. The third-order valence-corrected chi connectivity index (χ3v) is 3.76. The van der Waals surface area contributed by atoms with E-state index in [0.717, 1.165) is 42.9 Å². The number of hydrogen-bond donors (Lipinski definition) is 0. The minimum absolute atomic E-state index is 0.322. The molecule has 0 atom stereocenters. The molecule has 0 amide bonds. The molecule has 5 nitrogen and oxygen atoms in total. The fourth-order valence-corrected chi connectivity index (χ4v) is 2.29. The Kier molecular flexibility index (Phi) is 2.89. The molecule has 4 rings (SSSR count). The van der Waals surface area contributed by atoms with Gasteiger partial charge in [-0.15, -0.1) is 0 Å². The van der Waals surface area contributed by atoms with Gasteiger partial charge >= 0.3 is 0 Å². The van der Waals surface area contributed by atoms with Crippen LogP contribution in [-0.2, 0) is 4.74 Å². The Morgan fingerprint density at radius 3 is 2.85 bits per heavy atom. The van der Waals surface area contributed by atoms with E-state index in [-0.39, 0.29) is 0 Å². The van der Waals surface area contributed by atoms with Crippen molar-refractivity contribution in [2.24, 2.45) is 0 Å². The second-order valence-electron chi connectivity index (χ2n) is 5.22. The summed E-state index contributed by atoms with van der Waals surface area (Å²) in [5.74, 6) is 0.789. The van der Waals surface area contributed by atoms with Gasteiger partial charge in [0.25, 0.3) is 0 Å². The third-order valence-electron chi connectivity index (χ3n) is 3.56. The summed E-state index contributed by atoms with van der Waals surface area (Å²) in [5, 5.41) is 4.84. The lowest BCUT2D eigenvalue weighted by atomic mass is 10.1. The number of ether oxygens (including phenoxy) is 2. The Morgan fingerprint density at radius 1 is 1.30 bits per heavy atom. The lowest BCUT2D eigenvalue weighted by Crippen LogP contribution is -2.30. The van der Waals surface area contributed by atoms with Crippen molar-refractivity contribution in [3.05, 3.63) is 29.8 Å². The standard InChI is InChI=1S/C14H14ClN3O2/c15-14-3-13(20-11-1-2-11)12(5-16-14)9-4-17-18(6-9)10-7-19-8-10/h3-6,10-11H,1-2,7-8H2. The first-order valence-corrected chi connectivity index (χ1v) is 7.12. The highest BCUT2D eigenvalue weighted by molar-refractivity contribution is 6.29. The summed E-state index contributed by atoms with van der Waals surface area (Å²) < 4.78 is 13.0. The summed E-state index contributed by atoms with van der Waals surface area (Å²) in [6.45, 7) is 1.46. The van der Waals surface area contributed by atoms with Crippen LogP contribution in [0.25, 0.3) is 11.1 Å². The van der Waals surface area contributed by atoms with Crippen LogP contribution in [-0.4, -0.2) is 34.1 Å². The van der Waals surface area contributed by atoms with E-state index in [1.807, 2.05) is 17.1 Å². The third kappa shape index (κ3) is 2.27. The van der Waals surface area contributed by atoms with Gasteiger partial charge < -0.3 is 9.47 Å². The highest BCUT2D eigenvalue weighted by Gasteiger charge is 2.26. The fraction of sp³-hybridized carbons (Fsp3) is 0.429. The van der Waals surface area contributed by atoms with Crippen molar-refractivity contribution in [1.82, 2.24) is 14.8 Å². The summed E-state index contributed by atoms with van der Waals surface area (Å²) in [4.78, 5) is 4.16. The van der Waals surface area contributed by atoms with Gasteiger partial charge in [0.2, 0.25) is 0 Å². The predicted molar refractivity (Wildman–Crippen MR) is 74.0 cm³/mol. The number of hydrogen-bond acceptors (Lipinski definition) is 4. The summed E-state index contributed by atoms with van der Waals surface area (Å²) >= 11 is 5.97. The maximum Gasteiger partial charge on any atom is 0.132 e. The molecule has 1 aliphatic carbocycles. The van der Waals surface area contributed by atoms with E-state index in [2.05, 4.69) is 10.1 Å². The highest BCUT2D eigenvalue weighted by atomic mass is 35.5. The lowest BCUT2D eigenvalue weighted by molar-refractivity contribution is -0.0286. The molecule has 0 spiro atoms. The topological polar surface area (TPSA) is 49.2 Å². The zero-order valence-corrected chi connectivity index (χ0v) is 11.6. The van der Waals surface area contributed by atoms with Crippen molar-refractivity contribution in [2.75, 3.05) is 13.2 Å². The Balaban J connectivity index is 1.67. The molecule has 20 heavy (non-hydrogen) atoms. The molecular weight excluding hydrogens is 278 g/mol. The van der Waals surface area contributed by atoms with Crippen molar-refractivity contribution in [3.63, 3.8) is 0 Å². The number of pyridine rings is 1. The number of aromatic nitrogens is 3. The van der Waals surface area contributed by atoms with Gasteiger partial charge in [0.15, 0.2) is 0 Å². The lowest BCUT2D eigenvalue weighted by Gasteiger charge is -2.25. The van der Waals surface area contributed by atoms with Crippen molar-refractivity contribution >= 4 is 11.6 Å². The average Bonchev–Trinajstić information content (AvgIpc) is 3.05. The molecule has 0 unspecified atom stereocenters. The molecule has 3 heterocycles. The van der Waals surface area contributed by atoms with E-state index in [1.54, 1.807) is 12.3 Å². The normalized spacial score (nSPS) is 18.9. The molecule has 0 radical (unpaired) electrons. The maximum absolute atomic E-state index is 5.97. The summed E-state index contributed by atoms with van der Waals surface area (Å²) in [5.41, 5.74) is 1.93. The maximum atomic E-state index is 5.97. The molecule has 0 N–H and O–H groups in total. The van der Waals surface area contributed by atoms with Gasteiger partial charge in [-0.3, -0.25) is 4.68 Å². The zero-order valence-electron chi connectivity index (χ0n) is 10.8. The summed E-state index contributed by atoms with van der Waals surface area (Å²) in [6.07, 6.45) is 8.14. The van der Waals surface area contributed by atoms with Crippen molar-refractivity contribution in [1.29, 1.82) is 0 Å². The number of halogens is 1. The van der Waals surface area contributed by atoms with E-state index in [9.17, 15) is 0 Å². The monoisotopic (exact) mass is 291 g/mol. The summed E-state index contributed by atoms with van der Waals surface area (Å²) in [6, 6.07) is 2.12. The van der Waals surface area contributed by atoms with Crippen LogP contribution in [0.3, 0.4) is 0 Å². The van der Waals surface area contributed by atoms with Crippen molar-refractivity contribution in [3.8, 4) is 16.9 Å². The van der Waals surface area contributed by atoms with E-state index >= 15 is 0 Å². The van der Waals surface area contributed by atoms with Crippen LogP contribution in [0.5, 0.6) is 5.75 Å². The molecule has 1 aliphatic heterocycles. The van der Waals surface area contributed by atoms with Crippen LogP contribution < -0.4 is 4.74 Å². The van der Waals surface area contributed by atoms with Crippen molar-refractivity contribution < 1.29 is 9.47 Å². The van der Waals surface area contributed by atoms with E-state index < -0.39 is 0 Å². The molecule has 1 saturated heterocycles. The first kappa shape index (κ1) is 12.2. The van der Waals surface area contributed by atoms with Crippen LogP contribution in [0.2, 0.25) is 5.15 Å². The largest absolute Gasteiger partial charge is 0.490 e. The quantitative estimate of drug-likeness (QED) is 0.813. The Morgan fingerprint density at radius 2 is 2.15 bits per heavy atom. The summed E-state index contributed by atoms with van der Waals surface area (Å²) in [7, 11) is 0. The molecule has 0 aromatic carbocycles. The molecular formula is C14H14ClN3O2. The second kappa shape index (κ2) is 4.75. The van der Waals surface area contributed by atoms with Crippen molar-refractivity contribution in [2.45, 2.75) is 25.0 Å². The van der Waals surface area contributed by atoms with Crippen LogP contribution in [0, 0.1) is 0 Å². The zero-order chi connectivity index (χ0) is 13.5. The van der Waals surface area contributed by atoms with Gasteiger partial charge in [0.05, 0.1) is 31.6 Å². The first-order chi connectivity index (χ1) is 9.79. The second-order valence-corrected chi connectivity index (χ2v) is 5.61. The van der Waals surface area contributed by atoms with Gasteiger partial charge in [-0.2, -0.15) is 5.10 Å². The fourth-order valence-electron chi connectivity index (χ4n) is 2.15. The molecule has 0 bridgehead atoms. The Labute approximate surface area is 121 Å². The minimum atomic E-state index is 0.322. The van der Waals surface area contributed by atoms with Gasteiger partial charge in [0.1, 0.15) is 10.9 Å². The molecule has 1 saturated carbocycles. The average molecular weight is 292 g/mol. The van der Waals surface area contributed by atoms with Crippen LogP contribution in [0.15, 0.2) is 24.7 Å². The van der Waals surface area contributed by atoms with E-state index in [0.29, 0.717) is 17.3 Å². The Bertz CT molecular complexity index is 635. The van der Waals surface area contributed by atoms with Crippen LogP contribution in [0.4, 0.5) is 0 Å². The molecule has 104 valence electrons. The number of rotatable bonds is 4. The molecule has 6 heteroatoms. The van der Waals surface area contributed by atoms with Gasteiger partial charge in [0, 0.05) is 29.6 Å². The molecule has 2 fully saturated rings. The SMILES string of the molecule is Clc1cc(OC2CC2)c(-c2cnn(C3COC3)c2)cn1. The molecule has 2 aromatic heterocycles. The van der Waals surface area contributed by atoms with Crippen LogP contribution >= 0.6 is 11.6 Å². The van der Waals surface area contributed by atoms with Gasteiger partial charge in [-0.1, -0.05) is 11.6 Å². The van der Waals surface area contributed by atoms with Gasteiger partial charge in [-0.25, -0.2) is 4.98 Å². The van der Waals surface area contributed by atoms with E-state index in [4.69, 9.17) is 21.1 Å². The Hall–Kier alpha value is -1.59. The number of nitrogens with zero attached hydrogens (tertiary/aromatic N) is 3. The first-order valence-electron chi connectivity index (χ1n) is 6.74. The van der Waals surface area contributed by atoms with Gasteiger partial charge in [-0.05, 0) is 12.8 Å². The molecule has 2 aromatic rings. The smallest absolute Gasteiger partial charge is 0.132 e. The van der Waals surface area contributed by atoms with E-state index in [1.165, 1.54) is 0 Å². The minimum Gasteiger partial charge on any atom is -0.490 e. The highest BCUT2D eigenvalue weighted by Crippen LogP contribution is 2.36. The molecule has 2 aliphatic rings.